The lowest BCUT2D eigenvalue weighted by molar-refractivity contribution is -0.274. The molecule has 0 fully saturated rings. The van der Waals surface area contributed by atoms with Gasteiger partial charge < -0.3 is 14.7 Å². The molecule has 1 atom stereocenters. The Morgan fingerprint density at radius 2 is 2.10 bits per heavy atom. The lowest BCUT2D eigenvalue weighted by Crippen LogP contribution is -2.28. The minimum atomic E-state index is -4.72. The van der Waals surface area contributed by atoms with Gasteiger partial charge in [-0.3, -0.25) is 4.79 Å². The number of hydrogen-bond acceptors (Lipinski definition) is 3. The molecule has 0 spiro atoms. The molecule has 0 aliphatic carbocycles. The molecule has 1 aromatic rings. The monoisotopic (exact) mass is 291 g/mol. The first-order chi connectivity index (χ1) is 9.17. The van der Waals surface area contributed by atoms with E-state index in [0.717, 1.165) is 0 Å². The molecule has 1 rings (SSSR count). The quantitative estimate of drug-likeness (QED) is 0.875. The van der Waals surface area contributed by atoms with Crippen LogP contribution in [-0.4, -0.2) is 35.9 Å². The van der Waals surface area contributed by atoms with E-state index in [1.165, 1.54) is 18.2 Å². The van der Waals surface area contributed by atoms with Gasteiger partial charge >= 0.3 is 12.3 Å². The van der Waals surface area contributed by atoms with Crippen LogP contribution < -0.4 is 4.74 Å². The second kappa shape index (κ2) is 6.60. The van der Waals surface area contributed by atoms with E-state index in [0.29, 0.717) is 18.7 Å². The summed E-state index contributed by atoms with van der Waals surface area (Å²) in [6.45, 7) is 2.22. The molecular formula is C13H16F3NO3. The van der Waals surface area contributed by atoms with Crippen LogP contribution in [0.3, 0.4) is 0 Å². The number of halogens is 3. The maximum atomic E-state index is 12.1. The predicted octanol–water partition coefficient (Wildman–Crippen LogP) is 2.74. The summed E-state index contributed by atoms with van der Waals surface area (Å²) in [4.78, 5) is 12.5. The molecule has 0 aromatic heterocycles. The highest BCUT2D eigenvalue weighted by molar-refractivity contribution is 5.69. The average molecular weight is 291 g/mol. The normalized spacial score (nSPS) is 13.3. The Bertz CT molecular complexity index is 462. The van der Waals surface area contributed by atoms with Crippen LogP contribution in [0.5, 0.6) is 5.75 Å². The summed E-state index contributed by atoms with van der Waals surface area (Å²) in [7, 11) is 1.71. The van der Waals surface area contributed by atoms with E-state index in [1.807, 2.05) is 0 Å². The van der Waals surface area contributed by atoms with Gasteiger partial charge in [0.15, 0.2) is 0 Å². The molecule has 0 heterocycles. The van der Waals surface area contributed by atoms with Gasteiger partial charge in [0.05, 0.1) is 5.92 Å². The number of alkyl halides is 3. The molecule has 0 radical (unpaired) electrons. The van der Waals surface area contributed by atoms with E-state index in [-0.39, 0.29) is 5.75 Å². The van der Waals surface area contributed by atoms with Gasteiger partial charge in [-0.1, -0.05) is 19.1 Å². The predicted molar refractivity (Wildman–Crippen MR) is 66.3 cm³/mol. The summed E-state index contributed by atoms with van der Waals surface area (Å²) >= 11 is 0. The third-order valence-electron chi connectivity index (χ3n) is 2.59. The first-order valence-electron chi connectivity index (χ1n) is 5.93. The Balaban J connectivity index is 2.64. The minimum Gasteiger partial charge on any atom is -0.481 e. The largest absolute Gasteiger partial charge is 0.573 e. The van der Waals surface area contributed by atoms with E-state index in [2.05, 4.69) is 4.74 Å². The van der Waals surface area contributed by atoms with Crippen molar-refractivity contribution < 1.29 is 27.8 Å². The first-order valence-corrected chi connectivity index (χ1v) is 5.93. The van der Waals surface area contributed by atoms with Crippen molar-refractivity contribution in [2.24, 2.45) is 5.92 Å². The summed E-state index contributed by atoms with van der Waals surface area (Å²) < 4.78 is 40.1. The van der Waals surface area contributed by atoms with Crippen molar-refractivity contribution in [3.63, 3.8) is 0 Å². The van der Waals surface area contributed by atoms with Crippen molar-refractivity contribution in [3.05, 3.63) is 29.8 Å². The fraction of sp³-hybridized carbons (Fsp3) is 0.462. The van der Waals surface area contributed by atoms with Crippen molar-refractivity contribution in [3.8, 4) is 5.75 Å². The Labute approximate surface area is 114 Å². The lowest BCUT2D eigenvalue weighted by atomic mass is 10.1. The van der Waals surface area contributed by atoms with Crippen LogP contribution >= 0.6 is 0 Å². The third kappa shape index (κ3) is 5.92. The molecule has 1 unspecified atom stereocenters. The fourth-order valence-electron chi connectivity index (χ4n) is 1.76. The van der Waals surface area contributed by atoms with Crippen LogP contribution in [0.4, 0.5) is 13.2 Å². The molecule has 0 aliphatic heterocycles. The highest BCUT2D eigenvalue weighted by atomic mass is 19.4. The van der Waals surface area contributed by atoms with Crippen molar-refractivity contribution in [1.29, 1.82) is 0 Å². The summed E-state index contributed by atoms with van der Waals surface area (Å²) in [5.41, 5.74) is 0.617. The maximum absolute atomic E-state index is 12.1. The Morgan fingerprint density at radius 3 is 2.65 bits per heavy atom. The van der Waals surface area contributed by atoms with Crippen molar-refractivity contribution in [1.82, 2.24) is 4.90 Å². The van der Waals surface area contributed by atoms with Crippen molar-refractivity contribution in [2.75, 3.05) is 13.6 Å². The van der Waals surface area contributed by atoms with E-state index in [1.54, 1.807) is 24.9 Å². The highest BCUT2D eigenvalue weighted by Gasteiger charge is 2.31. The van der Waals surface area contributed by atoms with Gasteiger partial charge in [-0.2, -0.15) is 0 Å². The molecule has 0 saturated heterocycles. The highest BCUT2D eigenvalue weighted by Crippen LogP contribution is 2.23. The molecule has 0 amide bonds. The first kappa shape index (κ1) is 16.3. The van der Waals surface area contributed by atoms with Crippen molar-refractivity contribution >= 4 is 5.97 Å². The average Bonchev–Trinajstić information content (AvgIpc) is 2.26. The zero-order chi connectivity index (χ0) is 15.3. The molecule has 1 aromatic carbocycles. The molecule has 0 saturated carbocycles. The van der Waals surface area contributed by atoms with Crippen LogP contribution in [0.2, 0.25) is 0 Å². The van der Waals surface area contributed by atoms with Gasteiger partial charge in [0.1, 0.15) is 5.75 Å². The number of benzene rings is 1. The number of rotatable bonds is 6. The summed E-state index contributed by atoms with van der Waals surface area (Å²) in [5, 5.41) is 8.80. The fourth-order valence-corrected chi connectivity index (χ4v) is 1.76. The molecule has 0 bridgehead atoms. The SMILES string of the molecule is CC(CN(C)Cc1cccc(OC(F)(F)F)c1)C(=O)O. The number of carbonyl (C=O) groups is 1. The van der Waals surface area contributed by atoms with Gasteiger partial charge in [-0.15, -0.1) is 13.2 Å². The zero-order valence-electron chi connectivity index (χ0n) is 11.1. The second-order valence-electron chi connectivity index (χ2n) is 4.63. The lowest BCUT2D eigenvalue weighted by Gasteiger charge is -2.19. The summed E-state index contributed by atoms with van der Waals surface area (Å²) in [6.07, 6.45) is -4.72. The molecule has 4 nitrogen and oxygen atoms in total. The number of aliphatic carboxylic acids is 1. The number of ether oxygens (including phenoxy) is 1. The van der Waals surface area contributed by atoms with E-state index in [9.17, 15) is 18.0 Å². The smallest absolute Gasteiger partial charge is 0.481 e. The van der Waals surface area contributed by atoms with Crippen LogP contribution in [0, 0.1) is 5.92 Å². The summed E-state index contributed by atoms with van der Waals surface area (Å²) in [6, 6.07) is 5.63. The third-order valence-corrected chi connectivity index (χ3v) is 2.59. The molecule has 20 heavy (non-hydrogen) atoms. The molecule has 112 valence electrons. The molecule has 7 heteroatoms. The van der Waals surface area contributed by atoms with Gasteiger partial charge in [0.2, 0.25) is 0 Å². The van der Waals surface area contributed by atoms with Crippen LogP contribution in [0.15, 0.2) is 24.3 Å². The Hall–Kier alpha value is -1.76. The second-order valence-corrected chi connectivity index (χ2v) is 4.63. The standard InChI is InChI=1S/C13H16F3NO3/c1-9(12(18)19)7-17(2)8-10-4-3-5-11(6-10)20-13(14,15)16/h3-6,9H,7-8H2,1-2H3,(H,18,19). The van der Waals surface area contributed by atoms with Gasteiger partial charge in [0, 0.05) is 13.1 Å². The molecular weight excluding hydrogens is 275 g/mol. The maximum Gasteiger partial charge on any atom is 0.573 e. The van der Waals surface area contributed by atoms with E-state index in [4.69, 9.17) is 5.11 Å². The van der Waals surface area contributed by atoms with Gasteiger partial charge in [-0.25, -0.2) is 0 Å². The molecule has 0 aliphatic rings. The minimum absolute atomic E-state index is 0.283. The van der Waals surface area contributed by atoms with Crippen LogP contribution in [0.25, 0.3) is 0 Å². The Morgan fingerprint density at radius 1 is 1.45 bits per heavy atom. The van der Waals surface area contributed by atoms with Crippen LogP contribution in [0.1, 0.15) is 12.5 Å². The number of hydrogen-bond donors (Lipinski definition) is 1. The number of nitrogens with zero attached hydrogens (tertiary/aromatic N) is 1. The number of carboxylic acids is 1. The Kier molecular flexibility index (Phi) is 5.38. The van der Waals surface area contributed by atoms with Gasteiger partial charge in [-0.05, 0) is 24.7 Å². The number of carboxylic acid groups (broad SMARTS) is 1. The topological polar surface area (TPSA) is 49.8 Å². The summed E-state index contributed by atoms with van der Waals surface area (Å²) in [5.74, 6) is -1.74. The zero-order valence-corrected chi connectivity index (χ0v) is 11.1. The molecule has 1 N–H and O–H groups in total. The van der Waals surface area contributed by atoms with Crippen LogP contribution in [-0.2, 0) is 11.3 Å². The van der Waals surface area contributed by atoms with Crippen molar-refractivity contribution in [2.45, 2.75) is 19.8 Å². The van der Waals surface area contributed by atoms with E-state index >= 15 is 0 Å². The van der Waals surface area contributed by atoms with E-state index < -0.39 is 18.2 Å². The van der Waals surface area contributed by atoms with Gasteiger partial charge in [0.25, 0.3) is 0 Å².